The van der Waals surface area contributed by atoms with Crippen LogP contribution in [0.2, 0.25) is 0 Å². The molecule has 15 heteroatoms. The normalized spacial score (nSPS) is 17.1. The number of likely N-dealkylation sites (tertiary alicyclic amines) is 1. The molecule has 3 rings (SSSR count). The van der Waals surface area contributed by atoms with Crippen LogP contribution in [0.15, 0.2) is 34.9 Å². The molecule has 3 N–H and O–H groups in total. The van der Waals surface area contributed by atoms with Gasteiger partial charge in [0.1, 0.15) is 18.2 Å². The number of rotatable bonds is 16. The molecule has 4 atom stereocenters. The van der Waals surface area contributed by atoms with Crippen molar-refractivity contribution in [1.29, 1.82) is 0 Å². The van der Waals surface area contributed by atoms with Gasteiger partial charge in [-0.05, 0) is 55.2 Å². The standard InChI is InChI=1S/C33H45N7O7S/c1-20(22-12-14-23(15-13-22)29-21(2)35-19-48-29)37-31(45)25-17-24(47-28(44)11-6-7-16-36-39-34)18-40(25)32(46)30(33(3,4)5)38-26(41)9-8-10-27(42)43/h12-15,19-20,24-25,30H,6-11,16-18H2,1-5H3,(H,37,45)(H,38,41)(H,42,43)/t20-,24+,25-,30+/m0/s1. The van der Waals surface area contributed by atoms with Gasteiger partial charge in [0.2, 0.25) is 17.7 Å². The molecule has 0 bridgehead atoms. The summed E-state index contributed by atoms with van der Waals surface area (Å²) in [5, 5.41) is 18.2. The van der Waals surface area contributed by atoms with Gasteiger partial charge in [0, 0.05) is 37.1 Å². The quantitative estimate of drug-likeness (QED) is 0.0714. The second-order valence-electron chi connectivity index (χ2n) is 13.0. The number of nitrogens with one attached hydrogen (secondary N) is 2. The van der Waals surface area contributed by atoms with E-state index in [-0.39, 0.29) is 45.2 Å². The van der Waals surface area contributed by atoms with Gasteiger partial charge in [-0.2, -0.15) is 0 Å². The van der Waals surface area contributed by atoms with Gasteiger partial charge in [-0.15, -0.1) is 11.3 Å². The van der Waals surface area contributed by atoms with Crippen molar-refractivity contribution in [1.82, 2.24) is 20.5 Å². The maximum Gasteiger partial charge on any atom is 0.306 e. The molecule has 0 radical (unpaired) electrons. The molecule has 1 aliphatic heterocycles. The first-order valence-electron chi connectivity index (χ1n) is 16.0. The smallest absolute Gasteiger partial charge is 0.306 e. The fourth-order valence-electron chi connectivity index (χ4n) is 5.46. The molecule has 1 saturated heterocycles. The largest absolute Gasteiger partial charge is 0.481 e. The summed E-state index contributed by atoms with van der Waals surface area (Å²) in [6.45, 7) is 9.36. The fraction of sp³-hybridized carbons (Fsp3) is 0.576. The van der Waals surface area contributed by atoms with Crippen molar-refractivity contribution < 1.29 is 33.8 Å². The maximum absolute atomic E-state index is 14.1. The van der Waals surface area contributed by atoms with E-state index in [1.165, 1.54) is 4.90 Å². The first-order valence-corrected chi connectivity index (χ1v) is 16.9. The van der Waals surface area contributed by atoms with Crippen LogP contribution in [0.1, 0.15) is 89.9 Å². The summed E-state index contributed by atoms with van der Waals surface area (Å²) < 4.78 is 5.69. The van der Waals surface area contributed by atoms with Gasteiger partial charge in [0.25, 0.3) is 0 Å². The lowest BCUT2D eigenvalue weighted by molar-refractivity contribution is -0.149. The zero-order valence-electron chi connectivity index (χ0n) is 28.1. The van der Waals surface area contributed by atoms with E-state index in [2.05, 4.69) is 25.6 Å². The van der Waals surface area contributed by atoms with Crippen molar-refractivity contribution in [2.75, 3.05) is 13.1 Å². The summed E-state index contributed by atoms with van der Waals surface area (Å²) in [6, 6.07) is 5.39. The lowest BCUT2D eigenvalue weighted by Gasteiger charge is -2.35. The Morgan fingerprint density at radius 1 is 1.10 bits per heavy atom. The summed E-state index contributed by atoms with van der Waals surface area (Å²) >= 11 is 1.55. The van der Waals surface area contributed by atoms with Crippen LogP contribution in [0.4, 0.5) is 0 Å². The van der Waals surface area contributed by atoms with Gasteiger partial charge >= 0.3 is 11.9 Å². The van der Waals surface area contributed by atoms with Crippen LogP contribution in [-0.4, -0.2) is 75.9 Å². The lowest BCUT2D eigenvalue weighted by atomic mass is 9.85. The molecular weight excluding hydrogens is 638 g/mol. The molecule has 0 saturated carbocycles. The topological polar surface area (TPSA) is 204 Å². The molecule has 48 heavy (non-hydrogen) atoms. The van der Waals surface area contributed by atoms with Crippen LogP contribution in [-0.2, 0) is 28.7 Å². The minimum absolute atomic E-state index is 0.0415. The van der Waals surface area contributed by atoms with E-state index in [0.29, 0.717) is 12.8 Å². The summed E-state index contributed by atoms with van der Waals surface area (Å²) in [4.78, 5) is 73.7. The number of nitrogens with zero attached hydrogens (tertiary/aromatic N) is 5. The van der Waals surface area contributed by atoms with Crippen molar-refractivity contribution >= 4 is 41.0 Å². The van der Waals surface area contributed by atoms with Gasteiger partial charge in [0.15, 0.2) is 0 Å². The third kappa shape index (κ3) is 11.1. The van der Waals surface area contributed by atoms with Gasteiger partial charge in [-0.1, -0.05) is 50.2 Å². The Labute approximate surface area is 284 Å². The van der Waals surface area contributed by atoms with E-state index in [9.17, 15) is 24.0 Å². The summed E-state index contributed by atoms with van der Waals surface area (Å²) in [5.74, 6) is -2.91. The van der Waals surface area contributed by atoms with Crippen LogP contribution in [0.25, 0.3) is 20.9 Å². The molecule has 1 aromatic carbocycles. The highest BCUT2D eigenvalue weighted by atomic mass is 32.1. The summed E-state index contributed by atoms with van der Waals surface area (Å²) in [5.41, 5.74) is 12.3. The molecule has 1 fully saturated rings. The van der Waals surface area contributed by atoms with Crippen LogP contribution in [0.3, 0.4) is 0 Å². The number of hydrogen-bond acceptors (Lipinski definition) is 9. The van der Waals surface area contributed by atoms with Crippen molar-refractivity contribution in [3.8, 4) is 10.4 Å². The summed E-state index contributed by atoms with van der Waals surface area (Å²) in [6.07, 6.45) is 0.241. The van der Waals surface area contributed by atoms with Crippen LogP contribution in [0, 0.1) is 12.3 Å². The molecule has 1 aromatic heterocycles. The van der Waals surface area contributed by atoms with Crippen molar-refractivity contribution in [2.24, 2.45) is 10.5 Å². The predicted molar refractivity (Wildman–Crippen MR) is 180 cm³/mol. The number of carbonyl (C=O) groups is 5. The highest BCUT2D eigenvalue weighted by Gasteiger charge is 2.46. The number of carboxylic acids is 1. The second kappa shape index (κ2) is 17.6. The van der Waals surface area contributed by atoms with Crippen LogP contribution >= 0.6 is 11.3 Å². The molecular formula is C33H45N7O7S. The molecule has 2 aromatic rings. The highest BCUT2D eigenvalue weighted by molar-refractivity contribution is 7.13. The van der Waals surface area contributed by atoms with E-state index in [0.717, 1.165) is 21.7 Å². The number of hydrogen-bond donors (Lipinski definition) is 3. The maximum atomic E-state index is 14.1. The number of aliphatic carboxylic acids is 1. The van der Waals surface area contributed by atoms with Crippen LogP contribution < -0.4 is 10.6 Å². The van der Waals surface area contributed by atoms with E-state index in [1.54, 1.807) is 37.6 Å². The van der Waals surface area contributed by atoms with E-state index >= 15 is 0 Å². The molecule has 0 spiro atoms. The predicted octanol–water partition coefficient (Wildman–Crippen LogP) is 5.07. The fourth-order valence-corrected chi connectivity index (χ4v) is 6.27. The van der Waals surface area contributed by atoms with Crippen LogP contribution in [0.5, 0.6) is 0 Å². The Hall–Kier alpha value is -4.49. The number of benzene rings is 1. The average Bonchev–Trinajstić information content (AvgIpc) is 3.65. The number of carboxylic acid groups (broad SMARTS) is 1. The number of aryl methyl sites for hydroxylation is 1. The van der Waals surface area contributed by atoms with Crippen molar-refractivity contribution in [3.63, 3.8) is 0 Å². The van der Waals surface area contributed by atoms with Crippen molar-refractivity contribution in [2.45, 2.75) is 104 Å². The molecule has 260 valence electrons. The van der Waals surface area contributed by atoms with E-state index < -0.39 is 59.3 Å². The first kappa shape index (κ1) is 38.0. The average molecular weight is 684 g/mol. The van der Waals surface area contributed by atoms with Gasteiger partial charge in [-0.3, -0.25) is 24.0 Å². The zero-order valence-corrected chi connectivity index (χ0v) is 28.9. The number of azide groups is 1. The highest BCUT2D eigenvalue weighted by Crippen LogP contribution is 2.30. The number of aromatic nitrogens is 1. The number of amides is 3. The lowest BCUT2D eigenvalue weighted by Crippen LogP contribution is -2.57. The number of ether oxygens (including phenoxy) is 1. The van der Waals surface area contributed by atoms with Gasteiger partial charge < -0.3 is 25.4 Å². The Morgan fingerprint density at radius 2 is 1.81 bits per heavy atom. The number of thiazole rings is 1. The number of esters is 1. The Bertz CT molecular complexity index is 1500. The van der Waals surface area contributed by atoms with Gasteiger partial charge in [0.05, 0.1) is 28.7 Å². The van der Waals surface area contributed by atoms with Gasteiger partial charge in [-0.25, -0.2) is 4.98 Å². The molecule has 1 aliphatic rings. The Kier molecular flexibility index (Phi) is 13.9. The number of carbonyl (C=O) groups excluding carboxylic acids is 4. The minimum Gasteiger partial charge on any atom is -0.481 e. The molecule has 14 nitrogen and oxygen atoms in total. The molecule has 3 amide bonds. The molecule has 0 aliphatic carbocycles. The minimum atomic E-state index is -1.03. The SMILES string of the molecule is Cc1ncsc1-c1ccc([C@H](C)NC(=O)[C@@H]2C[C@@H](OC(=O)CCCCN=[N+]=[N-])CN2C(=O)[C@@H](NC(=O)CCCC(=O)O)C(C)(C)C)cc1. The third-order valence-corrected chi connectivity index (χ3v) is 9.07. The Balaban J connectivity index is 1.77. The van der Waals surface area contributed by atoms with E-state index in [4.69, 9.17) is 15.4 Å². The third-order valence-electron chi connectivity index (χ3n) is 8.09. The Morgan fingerprint density at radius 3 is 2.42 bits per heavy atom. The first-order chi connectivity index (χ1) is 22.7. The second-order valence-corrected chi connectivity index (χ2v) is 13.9. The molecule has 2 heterocycles. The monoisotopic (exact) mass is 683 g/mol. The zero-order chi connectivity index (χ0) is 35.4. The number of unbranched alkanes of at least 4 members (excludes halogenated alkanes) is 1. The van der Waals surface area contributed by atoms with Crippen molar-refractivity contribution in [3.05, 3.63) is 51.5 Å². The molecule has 0 unspecified atom stereocenters. The van der Waals surface area contributed by atoms with E-state index in [1.807, 2.05) is 38.1 Å². The summed E-state index contributed by atoms with van der Waals surface area (Å²) in [7, 11) is 0.